The van der Waals surface area contributed by atoms with Gasteiger partial charge in [-0.05, 0) is 31.6 Å². The minimum absolute atomic E-state index is 0.740. The van der Waals surface area contributed by atoms with Crippen molar-refractivity contribution in [1.29, 1.82) is 0 Å². The quantitative estimate of drug-likeness (QED) is 0.535. The van der Waals surface area contributed by atoms with Crippen LogP contribution in [0.25, 0.3) is 0 Å². The third-order valence-electron chi connectivity index (χ3n) is 3.29. The summed E-state index contributed by atoms with van der Waals surface area (Å²) in [6.07, 6.45) is 1.50. The highest BCUT2D eigenvalue weighted by Gasteiger charge is 2.56. The van der Waals surface area contributed by atoms with Gasteiger partial charge in [-0.15, -0.1) is 0 Å². The Kier molecular flexibility index (Phi) is 1.17. The largest absolute Gasteiger partial charge is 0.300 e. The monoisotopic (exact) mass is 139 g/mol. The molecule has 0 radical (unpaired) electrons. The van der Waals surface area contributed by atoms with Crippen LogP contribution in [-0.4, -0.2) is 24.0 Å². The Morgan fingerprint density at radius 2 is 2.20 bits per heavy atom. The first-order valence-electron chi connectivity index (χ1n) is 4.36. The lowest BCUT2D eigenvalue weighted by molar-refractivity contribution is 0.234. The average Bonchev–Trinajstić information content (AvgIpc) is 2.32. The van der Waals surface area contributed by atoms with Crippen LogP contribution in [0, 0.1) is 11.3 Å². The molecule has 1 aliphatic carbocycles. The Morgan fingerprint density at radius 3 is 2.50 bits per heavy atom. The van der Waals surface area contributed by atoms with Crippen LogP contribution >= 0.6 is 0 Å². The SMILES string of the molecule is CC(C)N1CC2CC2(C)C1. The molecule has 2 rings (SSSR count). The second-order valence-electron chi connectivity index (χ2n) is 4.58. The summed E-state index contributed by atoms with van der Waals surface area (Å²) >= 11 is 0. The smallest absolute Gasteiger partial charge is 0.00414 e. The van der Waals surface area contributed by atoms with Gasteiger partial charge < -0.3 is 4.90 Å². The van der Waals surface area contributed by atoms with Crippen molar-refractivity contribution < 1.29 is 0 Å². The van der Waals surface area contributed by atoms with Gasteiger partial charge in [0.2, 0.25) is 0 Å². The minimum atomic E-state index is 0.740. The van der Waals surface area contributed by atoms with Gasteiger partial charge in [0.25, 0.3) is 0 Å². The molecule has 0 aromatic rings. The lowest BCUT2D eigenvalue weighted by Gasteiger charge is -2.22. The van der Waals surface area contributed by atoms with Crippen molar-refractivity contribution in [1.82, 2.24) is 4.90 Å². The highest BCUT2D eigenvalue weighted by atomic mass is 15.2. The summed E-state index contributed by atoms with van der Waals surface area (Å²) in [7, 11) is 0. The van der Waals surface area contributed by atoms with E-state index in [4.69, 9.17) is 0 Å². The Labute approximate surface area is 63.4 Å². The second kappa shape index (κ2) is 1.76. The summed E-state index contributed by atoms with van der Waals surface area (Å²) in [5.41, 5.74) is 0.740. The molecular formula is C9H17N. The maximum absolute atomic E-state index is 2.61. The van der Waals surface area contributed by atoms with Crippen molar-refractivity contribution in [3.63, 3.8) is 0 Å². The first-order chi connectivity index (χ1) is 4.62. The predicted molar refractivity (Wildman–Crippen MR) is 42.9 cm³/mol. The minimum Gasteiger partial charge on any atom is -0.300 e. The van der Waals surface area contributed by atoms with E-state index in [1.807, 2.05) is 0 Å². The Hall–Kier alpha value is -0.0400. The van der Waals surface area contributed by atoms with Crippen LogP contribution in [0.15, 0.2) is 0 Å². The molecule has 1 heterocycles. The lowest BCUT2D eigenvalue weighted by Crippen LogP contribution is -2.31. The zero-order valence-electron chi connectivity index (χ0n) is 7.22. The molecule has 0 amide bonds. The third kappa shape index (κ3) is 0.800. The van der Waals surface area contributed by atoms with Crippen LogP contribution in [0.3, 0.4) is 0 Å². The van der Waals surface area contributed by atoms with Crippen molar-refractivity contribution in [3.8, 4) is 0 Å². The van der Waals surface area contributed by atoms with Crippen molar-refractivity contribution in [2.24, 2.45) is 11.3 Å². The van der Waals surface area contributed by atoms with Gasteiger partial charge in [-0.2, -0.15) is 0 Å². The van der Waals surface area contributed by atoms with E-state index in [9.17, 15) is 0 Å². The van der Waals surface area contributed by atoms with Crippen LogP contribution in [0.5, 0.6) is 0 Å². The zero-order valence-corrected chi connectivity index (χ0v) is 7.22. The lowest BCUT2D eigenvalue weighted by atomic mass is 10.1. The van der Waals surface area contributed by atoms with Gasteiger partial charge in [-0.25, -0.2) is 0 Å². The zero-order chi connectivity index (χ0) is 7.35. The fourth-order valence-corrected chi connectivity index (χ4v) is 2.19. The second-order valence-corrected chi connectivity index (χ2v) is 4.58. The first-order valence-corrected chi connectivity index (χ1v) is 4.36. The van der Waals surface area contributed by atoms with Crippen molar-refractivity contribution in [2.45, 2.75) is 33.2 Å². The van der Waals surface area contributed by atoms with Gasteiger partial charge in [0.15, 0.2) is 0 Å². The van der Waals surface area contributed by atoms with E-state index < -0.39 is 0 Å². The third-order valence-corrected chi connectivity index (χ3v) is 3.29. The molecule has 2 unspecified atom stereocenters. The van der Waals surface area contributed by atoms with Gasteiger partial charge in [0.05, 0.1) is 0 Å². The van der Waals surface area contributed by atoms with Gasteiger partial charge in [-0.3, -0.25) is 0 Å². The summed E-state index contributed by atoms with van der Waals surface area (Å²) < 4.78 is 0. The molecule has 0 aromatic heterocycles. The molecular weight excluding hydrogens is 122 g/mol. The van der Waals surface area contributed by atoms with Crippen LogP contribution in [0.2, 0.25) is 0 Å². The number of hydrogen-bond acceptors (Lipinski definition) is 1. The molecule has 2 atom stereocenters. The van der Waals surface area contributed by atoms with E-state index in [1.165, 1.54) is 19.5 Å². The average molecular weight is 139 g/mol. The van der Waals surface area contributed by atoms with Crippen LogP contribution in [0.4, 0.5) is 0 Å². The van der Waals surface area contributed by atoms with Crippen LogP contribution < -0.4 is 0 Å². The first kappa shape index (κ1) is 6.66. The summed E-state index contributed by atoms with van der Waals surface area (Å²) in [4.78, 5) is 2.61. The number of hydrogen-bond donors (Lipinski definition) is 0. The molecule has 2 aliphatic rings. The van der Waals surface area contributed by atoms with Gasteiger partial charge in [0, 0.05) is 19.1 Å². The molecule has 10 heavy (non-hydrogen) atoms. The van der Waals surface area contributed by atoms with E-state index in [2.05, 4.69) is 25.7 Å². The van der Waals surface area contributed by atoms with Crippen molar-refractivity contribution in [3.05, 3.63) is 0 Å². The van der Waals surface area contributed by atoms with Crippen molar-refractivity contribution in [2.75, 3.05) is 13.1 Å². The molecule has 1 aliphatic heterocycles. The van der Waals surface area contributed by atoms with Crippen LogP contribution in [0.1, 0.15) is 27.2 Å². The fourth-order valence-electron chi connectivity index (χ4n) is 2.19. The predicted octanol–water partition coefficient (Wildman–Crippen LogP) is 1.74. The Bertz CT molecular complexity index is 153. The highest BCUT2D eigenvalue weighted by molar-refractivity contribution is 5.07. The van der Waals surface area contributed by atoms with E-state index in [0.29, 0.717) is 0 Å². The number of likely N-dealkylation sites (tertiary alicyclic amines) is 1. The fraction of sp³-hybridized carbons (Fsp3) is 1.00. The molecule has 0 N–H and O–H groups in total. The van der Waals surface area contributed by atoms with Gasteiger partial charge in [0.1, 0.15) is 0 Å². The molecule has 58 valence electrons. The molecule has 0 spiro atoms. The Balaban J connectivity index is 1.97. The molecule has 1 heteroatoms. The van der Waals surface area contributed by atoms with Crippen LogP contribution in [-0.2, 0) is 0 Å². The summed E-state index contributed by atoms with van der Waals surface area (Å²) in [5.74, 6) is 1.05. The maximum Gasteiger partial charge on any atom is 0.00414 e. The summed E-state index contributed by atoms with van der Waals surface area (Å²) in [6, 6.07) is 0.768. The standard InChI is InChI=1S/C9H17N/c1-7(2)10-5-8-4-9(8,3)6-10/h7-8H,4-6H2,1-3H3. The highest BCUT2D eigenvalue weighted by Crippen LogP contribution is 2.57. The molecule has 1 saturated carbocycles. The number of rotatable bonds is 1. The number of nitrogens with zero attached hydrogens (tertiary/aromatic N) is 1. The molecule has 0 bridgehead atoms. The molecule has 0 aromatic carbocycles. The van der Waals surface area contributed by atoms with E-state index in [0.717, 1.165) is 17.4 Å². The van der Waals surface area contributed by atoms with E-state index in [-0.39, 0.29) is 0 Å². The van der Waals surface area contributed by atoms with Gasteiger partial charge in [-0.1, -0.05) is 6.92 Å². The number of piperidine rings is 1. The molecule has 1 nitrogen and oxygen atoms in total. The number of fused-ring (bicyclic) bond motifs is 1. The normalized spacial score (nSPS) is 46.2. The molecule has 2 fully saturated rings. The summed E-state index contributed by atoms with van der Waals surface area (Å²) in [5, 5.41) is 0. The van der Waals surface area contributed by atoms with Gasteiger partial charge >= 0.3 is 0 Å². The van der Waals surface area contributed by atoms with E-state index >= 15 is 0 Å². The van der Waals surface area contributed by atoms with E-state index in [1.54, 1.807) is 0 Å². The van der Waals surface area contributed by atoms with Crippen molar-refractivity contribution >= 4 is 0 Å². The topological polar surface area (TPSA) is 3.24 Å². The molecule has 1 saturated heterocycles. The maximum atomic E-state index is 2.61. The summed E-state index contributed by atoms with van der Waals surface area (Å²) in [6.45, 7) is 9.76. The Morgan fingerprint density at radius 1 is 1.50 bits per heavy atom.